The van der Waals surface area contributed by atoms with E-state index in [1.807, 2.05) is 48.5 Å². The van der Waals surface area contributed by atoms with Gasteiger partial charge in [-0.15, -0.1) is 0 Å². The Morgan fingerprint density at radius 2 is 1.95 bits per heavy atom. The molecule has 0 fully saturated rings. The third-order valence-corrected chi connectivity index (χ3v) is 3.53. The third-order valence-electron chi connectivity index (χ3n) is 3.03. The van der Waals surface area contributed by atoms with Crippen LogP contribution in [0.3, 0.4) is 0 Å². The average Bonchev–Trinajstić information content (AvgIpc) is 2.45. The van der Waals surface area contributed by atoms with E-state index >= 15 is 0 Å². The maximum Gasteiger partial charge on any atom is 0.119 e. The lowest BCUT2D eigenvalue weighted by Crippen LogP contribution is -2.03. The van der Waals surface area contributed by atoms with Gasteiger partial charge in [0.25, 0.3) is 0 Å². The van der Waals surface area contributed by atoms with Crippen molar-refractivity contribution in [2.24, 2.45) is 0 Å². The van der Waals surface area contributed by atoms with E-state index in [1.54, 1.807) is 0 Å². The molecule has 0 bridgehead atoms. The Bertz CT molecular complexity index is 554. The molecule has 0 aromatic heterocycles. The van der Waals surface area contributed by atoms with E-state index in [4.69, 9.17) is 4.74 Å². The highest BCUT2D eigenvalue weighted by atomic mass is 79.9. The summed E-state index contributed by atoms with van der Waals surface area (Å²) in [6.45, 7) is 2.77. The van der Waals surface area contributed by atoms with Gasteiger partial charge in [-0.1, -0.05) is 47.1 Å². The van der Waals surface area contributed by atoms with Gasteiger partial charge in [-0.3, -0.25) is 0 Å². The Morgan fingerprint density at radius 3 is 2.70 bits per heavy atom. The SMILES string of the molecule is CCCOc1cccc(C(O)Cc2cccc(Br)c2)c1. The zero-order valence-corrected chi connectivity index (χ0v) is 13.1. The molecule has 0 heterocycles. The summed E-state index contributed by atoms with van der Waals surface area (Å²) in [5, 5.41) is 10.3. The first kappa shape index (κ1) is 15.1. The van der Waals surface area contributed by atoms with Gasteiger partial charge >= 0.3 is 0 Å². The van der Waals surface area contributed by atoms with Gasteiger partial charge in [0.1, 0.15) is 5.75 Å². The molecular weight excluding hydrogens is 316 g/mol. The molecule has 3 heteroatoms. The normalized spacial score (nSPS) is 12.2. The van der Waals surface area contributed by atoms with E-state index in [-0.39, 0.29) is 0 Å². The lowest BCUT2D eigenvalue weighted by molar-refractivity contribution is 0.178. The molecule has 0 aliphatic rings. The first-order chi connectivity index (χ1) is 9.69. The maximum atomic E-state index is 10.3. The van der Waals surface area contributed by atoms with Crippen LogP contribution in [0.1, 0.15) is 30.6 Å². The van der Waals surface area contributed by atoms with Gasteiger partial charge in [0, 0.05) is 10.9 Å². The fourth-order valence-electron chi connectivity index (χ4n) is 2.04. The monoisotopic (exact) mass is 334 g/mol. The number of benzene rings is 2. The van der Waals surface area contributed by atoms with E-state index in [0.717, 1.165) is 27.8 Å². The second kappa shape index (κ2) is 7.46. The summed E-state index contributed by atoms with van der Waals surface area (Å²) in [6, 6.07) is 15.7. The van der Waals surface area contributed by atoms with Gasteiger partial charge < -0.3 is 9.84 Å². The molecule has 0 saturated heterocycles. The van der Waals surface area contributed by atoms with Crippen molar-refractivity contribution in [1.29, 1.82) is 0 Å². The Kier molecular flexibility index (Phi) is 5.62. The summed E-state index contributed by atoms with van der Waals surface area (Å²) < 4.78 is 6.63. The molecule has 20 heavy (non-hydrogen) atoms. The molecule has 0 aliphatic carbocycles. The molecule has 0 spiro atoms. The molecule has 0 amide bonds. The van der Waals surface area contributed by atoms with Crippen LogP contribution in [-0.2, 0) is 6.42 Å². The van der Waals surface area contributed by atoms with Crippen LogP contribution in [0.5, 0.6) is 5.75 Å². The smallest absolute Gasteiger partial charge is 0.119 e. The van der Waals surface area contributed by atoms with E-state index < -0.39 is 6.10 Å². The standard InChI is InChI=1S/C17H19BrO2/c1-2-9-20-16-8-4-6-14(12-16)17(19)11-13-5-3-7-15(18)10-13/h3-8,10,12,17,19H,2,9,11H2,1H3. The van der Waals surface area contributed by atoms with Crippen molar-refractivity contribution in [1.82, 2.24) is 0 Å². The third kappa shape index (κ3) is 4.36. The zero-order chi connectivity index (χ0) is 14.4. The maximum absolute atomic E-state index is 10.3. The van der Waals surface area contributed by atoms with Crippen molar-refractivity contribution >= 4 is 15.9 Å². The summed E-state index contributed by atoms with van der Waals surface area (Å²) in [6.07, 6.45) is 1.05. The summed E-state index contributed by atoms with van der Waals surface area (Å²) >= 11 is 3.45. The van der Waals surface area contributed by atoms with Gasteiger partial charge in [-0.25, -0.2) is 0 Å². The van der Waals surface area contributed by atoms with E-state index in [1.165, 1.54) is 0 Å². The van der Waals surface area contributed by atoms with Gasteiger partial charge in [-0.2, -0.15) is 0 Å². The van der Waals surface area contributed by atoms with Crippen LogP contribution in [0, 0.1) is 0 Å². The Balaban J connectivity index is 2.06. The number of ether oxygens (including phenoxy) is 1. The second-order valence-electron chi connectivity index (χ2n) is 4.77. The minimum atomic E-state index is -0.519. The number of rotatable bonds is 6. The molecule has 1 atom stereocenters. The molecule has 0 aliphatic heterocycles. The quantitative estimate of drug-likeness (QED) is 0.841. The number of aliphatic hydroxyl groups excluding tert-OH is 1. The Hall–Kier alpha value is -1.32. The topological polar surface area (TPSA) is 29.5 Å². The Morgan fingerprint density at radius 1 is 1.15 bits per heavy atom. The van der Waals surface area contributed by atoms with Gasteiger partial charge in [0.2, 0.25) is 0 Å². The lowest BCUT2D eigenvalue weighted by atomic mass is 10.0. The fraction of sp³-hybridized carbons (Fsp3) is 0.294. The fourth-order valence-corrected chi connectivity index (χ4v) is 2.48. The largest absolute Gasteiger partial charge is 0.494 e. The molecule has 2 aromatic rings. The number of halogens is 1. The van der Waals surface area contributed by atoms with Crippen molar-refractivity contribution in [2.45, 2.75) is 25.9 Å². The molecule has 0 radical (unpaired) electrons. The summed E-state index contributed by atoms with van der Waals surface area (Å²) in [5.74, 6) is 0.817. The molecule has 1 N–H and O–H groups in total. The molecule has 1 unspecified atom stereocenters. The summed E-state index contributed by atoms with van der Waals surface area (Å²) in [7, 11) is 0. The van der Waals surface area contributed by atoms with Crippen LogP contribution in [0.4, 0.5) is 0 Å². The van der Waals surface area contributed by atoms with Gasteiger partial charge in [0.15, 0.2) is 0 Å². The first-order valence-corrected chi connectivity index (χ1v) is 7.63. The summed E-state index contributed by atoms with van der Waals surface area (Å²) in [5.41, 5.74) is 1.99. The van der Waals surface area contributed by atoms with E-state index in [0.29, 0.717) is 13.0 Å². The number of hydrogen-bond acceptors (Lipinski definition) is 2. The highest BCUT2D eigenvalue weighted by Gasteiger charge is 2.10. The van der Waals surface area contributed by atoms with E-state index in [9.17, 15) is 5.11 Å². The first-order valence-electron chi connectivity index (χ1n) is 6.84. The van der Waals surface area contributed by atoms with Crippen LogP contribution in [0.2, 0.25) is 0 Å². The average molecular weight is 335 g/mol. The molecule has 2 nitrogen and oxygen atoms in total. The predicted octanol–water partition coefficient (Wildman–Crippen LogP) is 4.51. The van der Waals surface area contributed by atoms with Crippen LogP contribution >= 0.6 is 15.9 Å². The van der Waals surface area contributed by atoms with Crippen LogP contribution in [0.15, 0.2) is 53.0 Å². The van der Waals surface area contributed by atoms with Crippen molar-refractivity contribution in [3.63, 3.8) is 0 Å². The highest BCUT2D eigenvalue weighted by molar-refractivity contribution is 9.10. The lowest BCUT2D eigenvalue weighted by Gasteiger charge is -2.13. The van der Waals surface area contributed by atoms with Crippen LogP contribution in [-0.4, -0.2) is 11.7 Å². The molecule has 106 valence electrons. The van der Waals surface area contributed by atoms with Crippen LogP contribution in [0.25, 0.3) is 0 Å². The number of aliphatic hydroxyl groups is 1. The minimum absolute atomic E-state index is 0.519. The zero-order valence-electron chi connectivity index (χ0n) is 11.6. The van der Waals surface area contributed by atoms with Gasteiger partial charge in [-0.05, 0) is 41.8 Å². The summed E-state index contributed by atoms with van der Waals surface area (Å²) in [4.78, 5) is 0. The van der Waals surface area contributed by atoms with Gasteiger partial charge in [0.05, 0.1) is 12.7 Å². The molecule has 0 saturated carbocycles. The highest BCUT2D eigenvalue weighted by Crippen LogP contribution is 2.23. The number of hydrogen-bond donors (Lipinski definition) is 1. The van der Waals surface area contributed by atoms with Crippen molar-refractivity contribution in [3.8, 4) is 5.75 Å². The predicted molar refractivity (Wildman–Crippen MR) is 85.0 cm³/mol. The minimum Gasteiger partial charge on any atom is -0.494 e. The molecule has 2 aromatic carbocycles. The van der Waals surface area contributed by atoms with Crippen molar-refractivity contribution in [2.75, 3.05) is 6.61 Å². The van der Waals surface area contributed by atoms with E-state index in [2.05, 4.69) is 22.9 Å². The molecular formula is C17H19BrO2. The Labute approximate surface area is 128 Å². The molecule has 2 rings (SSSR count). The van der Waals surface area contributed by atoms with Crippen molar-refractivity contribution in [3.05, 3.63) is 64.1 Å². The van der Waals surface area contributed by atoms with Crippen molar-refractivity contribution < 1.29 is 9.84 Å². The second-order valence-corrected chi connectivity index (χ2v) is 5.69. The van der Waals surface area contributed by atoms with Crippen LogP contribution < -0.4 is 4.74 Å².